The second-order valence-electron chi connectivity index (χ2n) is 7.15. The van der Waals surface area contributed by atoms with Crippen molar-refractivity contribution in [2.45, 2.75) is 24.7 Å². The predicted molar refractivity (Wildman–Crippen MR) is 113 cm³/mol. The molecule has 8 nitrogen and oxygen atoms in total. The zero-order valence-electron chi connectivity index (χ0n) is 16.9. The largest absolute Gasteiger partial charge is 0.495 e. The number of amides is 2. The molecule has 30 heavy (non-hydrogen) atoms. The fourth-order valence-electron chi connectivity index (χ4n) is 2.83. The van der Waals surface area contributed by atoms with Crippen molar-refractivity contribution in [1.82, 2.24) is 10.0 Å². The zero-order chi connectivity index (χ0) is 21.7. The van der Waals surface area contributed by atoms with Crippen LogP contribution in [-0.2, 0) is 14.8 Å². The first-order chi connectivity index (χ1) is 14.3. The first-order valence-corrected chi connectivity index (χ1v) is 11.1. The van der Waals surface area contributed by atoms with Gasteiger partial charge in [0.25, 0.3) is 5.91 Å². The van der Waals surface area contributed by atoms with Gasteiger partial charge < -0.3 is 15.4 Å². The molecule has 3 rings (SSSR count). The monoisotopic (exact) mass is 431 g/mol. The molecule has 0 radical (unpaired) electrons. The Morgan fingerprint density at radius 1 is 1.07 bits per heavy atom. The second kappa shape index (κ2) is 9.27. The van der Waals surface area contributed by atoms with Crippen LogP contribution in [0.1, 0.15) is 28.8 Å². The third-order valence-corrected chi connectivity index (χ3v) is 6.17. The first-order valence-electron chi connectivity index (χ1n) is 9.63. The summed E-state index contributed by atoms with van der Waals surface area (Å²) in [6.45, 7) is 1.99. The summed E-state index contributed by atoms with van der Waals surface area (Å²) in [5, 5.41) is 5.47. The van der Waals surface area contributed by atoms with E-state index in [0.29, 0.717) is 11.3 Å². The molecule has 0 atom stereocenters. The smallest absolute Gasteiger partial charge is 0.251 e. The fraction of sp³-hybridized carbons (Fsp3) is 0.333. The van der Waals surface area contributed by atoms with Crippen LogP contribution in [-0.4, -0.2) is 40.4 Å². The van der Waals surface area contributed by atoms with Gasteiger partial charge in [0.1, 0.15) is 10.6 Å². The van der Waals surface area contributed by atoms with E-state index in [1.807, 2.05) is 6.92 Å². The summed E-state index contributed by atoms with van der Waals surface area (Å²) in [6, 6.07) is 11.4. The van der Waals surface area contributed by atoms with E-state index in [4.69, 9.17) is 4.74 Å². The van der Waals surface area contributed by atoms with E-state index in [1.165, 1.54) is 13.2 Å². The maximum absolute atomic E-state index is 12.5. The van der Waals surface area contributed by atoms with Gasteiger partial charge in [-0.2, -0.15) is 0 Å². The number of benzene rings is 2. The summed E-state index contributed by atoms with van der Waals surface area (Å²) < 4.78 is 32.6. The molecule has 3 N–H and O–H groups in total. The van der Waals surface area contributed by atoms with Gasteiger partial charge in [-0.25, -0.2) is 13.1 Å². The second-order valence-corrected chi connectivity index (χ2v) is 8.88. The normalized spacial score (nSPS) is 13.5. The van der Waals surface area contributed by atoms with Gasteiger partial charge in [0.15, 0.2) is 0 Å². The molecule has 1 aliphatic rings. The van der Waals surface area contributed by atoms with Gasteiger partial charge in [0.05, 0.1) is 7.11 Å². The predicted octanol–water partition coefficient (Wildman–Crippen LogP) is 2.06. The molecule has 0 aromatic heterocycles. The van der Waals surface area contributed by atoms with Crippen molar-refractivity contribution in [3.63, 3.8) is 0 Å². The highest BCUT2D eigenvalue weighted by atomic mass is 32.2. The van der Waals surface area contributed by atoms with Gasteiger partial charge in [-0.1, -0.05) is 6.07 Å². The molecule has 2 aromatic rings. The number of sulfonamides is 1. The third kappa shape index (κ3) is 5.58. The van der Waals surface area contributed by atoms with E-state index in [2.05, 4.69) is 15.4 Å². The van der Waals surface area contributed by atoms with Crippen LogP contribution >= 0.6 is 0 Å². The van der Waals surface area contributed by atoms with Crippen molar-refractivity contribution < 1.29 is 22.7 Å². The molecule has 160 valence electrons. The average molecular weight is 432 g/mol. The van der Waals surface area contributed by atoms with Gasteiger partial charge in [0.2, 0.25) is 15.9 Å². The van der Waals surface area contributed by atoms with E-state index >= 15 is 0 Å². The summed E-state index contributed by atoms with van der Waals surface area (Å²) in [6.07, 6.45) is 1.85. The SMILES string of the molecule is COc1cc(C)ccc1S(=O)(=O)NCCNC(=O)c1ccc(NC(=O)C2CC2)cc1. The molecular formula is C21H25N3O5S. The van der Waals surface area contributed by atoms with Crippen molar-refractivity contribution >= 4 is 27.5 Å². The number of carbonyl (C=O) groups is 2. The minimum Gasteiger partial charge on any atom is -0.495 e. The molecule has 1 saturated carbocycles. The van der Waals surface area contributed by atoms with Crippen LogP contribution in [0.5, 0.6) is 5.75 Å². The molecule has 2 amide bonds. The molecule has 0 aliphatic heterocycles. The lowest BCUT2D eigenvalue weighted by Crippen LogP contribution is -2.34. The number of carbonyl (C=O) groups excluding carboxylic acids is 2. The minimum atomic E-state index is -3.77. The van der Waals surface area contributed by atoms with Gasteiger partial charge >= 0.3 is 0 Å². The van der Waals surface area contributed by atoms with Crippen molar-refractivity contribution in [1.29, 1.82) is 0 Å². The highest BCUT2D eigenvalue weighted by molar-refractivity contribution is 7.89. The molecule has 1 fully saturated rings. The number of hydrogen-bond donors (Lipinski definition) is 3. The lowest BCUT2D eigenvalue weighted by Gasteiger charge is -2.12. The Kier molecular flexibility index (Phi) is 6.73. The zero-order valence-corrected chi connectivity index (χ0v) is 17.7. The molecule has 0 spiro atoms. The van der Waals surface area contributed by atoms with Crippen molar-refractivity contribution in [3.05, 3.63) is 53.6 Å². The Hall–Kier alpha value is -2.91. The Labute approximate surface area is 176 Å². The molecule has 0 saturated heterocycles. The lowest BCUT2D eigenvalue weighted by atomic mass is 10.2. The van der Waals surface area contributed by atoms with E-state index in [0.717, 1.165) is 18.4 Å². The topological polar surface area (TPSA) is 114 Å². The summed E-state index contributed by atoms with van der Waals surface area (Å²) in [5.41, 5.74) is 1.95. The van der Waals surface area contributed by atoms with Crippen molar-refractivity contribution in [2.75, 3.05) is 25.5 Å². The van der Waals surface area contributed by atoms with Crippen molar-refractivity contribution in [3.8, 4) is 5.75 Å². The van der Waals surface area contributed by atoms with Crippen LogP contribution in [0.15, 0.2) is 47.4 Å². The van der Waals surface area contributed by atoms with Crippen LogP contribution in [0.4, 0.5) is 5.69 Å². The summed E-state index contributed by atoms with van der Waals surface area (Å²) >= 11 is 0. The van der Waals surface area contributed by atoms with Crippen LogP contribution in [0.25, 0.3) is 0 Å². The number of rotatable bonds is 9. The molecule has 0 unspecified atom stereocenters. The molecule has 2 aromatic carbocycles. The summed E-state index contributed by atoms with van der Waals surface area (Å²) in [4.78, 5) is 24.0. The number of anilines is 1. The maximum Gasteiger partial charge on any atom is 0.251 e. The number of methoxy groups -OCH3 is 1. The molecule has 0 heterocycles. The minimum absolute atomic E-state index is 0.00434. The maximum atomic E-state index is 12.5. The van der Waals surface area contributed by atoms with Gasteiger partial charge in [0, 0.05) is 30.3 Å². The molecule has 0 bridgehead atoms. The highest BCUT2D eigenvalue weighted by Gasteiger charge is 2.29. The molecule has 9 heteroatoms. The van der Waals surface area contributed by atoms with Crippen molar-refractivity contribution in [2.24, 2.45) is 5.92 Å². The van der Waals surface area contributed by atoms with E-state index in [-0.39, 0.29) is 41.5 Å². The van der Waals surface area contributed by atoms with Gasteiger partial charge in [-0.3, -0.25) is 9.59 Å². The van der Waals surface area contributed by atoms with E-state index in [9.17, 15) is 18.0 Å². The van der Waals surface area contributed by atoms with Gasteiger partial charge in [-0.15, -0.1) is 0 Å². The van der Waals surface area contributed by atoms with Crippen LogP contribution < -0.4 is 20.1 Å². The number of nitrogens with one attached hydrogen (secondary N) is 3. The lowest BCUT2D eigenvalue weighted by molar-refractivity contribution is -0.117. The van der Waals surface area contributed by atoms with E-state index in [1.54, 1.807) is 36.4 Å². The van der Waals surface area contributed by atoms with Crippen LogP contribution in [0, 0.1) is 12.8 Å². The number of aryl methyl sites for hydroxylation is 1. The highest BCUT2D eigenvalue weighted by Crippen LogP contribution is 2.30. The van der Waals surface area contributed by atoms with Crippen LogP contribution in [0.3, 0.4) is 0 Å². The Bertz CT molecular complexity index is 1030. The Morgan fingerprint density at radius 2 is 1.77 bits per heavy atom. The fourth-order valence-corrected chi connectivity index (χ4v) is 4.01. The number of hydrogen-bond acceptors (Lipinski definition) is 5. The standard InChI is InChI=1S/C21H25N3O5S/c1-14-3-10-19(18(13-14)29-2)30(27,28)23-12-11-22-20(25)15-6-8-17(9-7-15)24-21(26)16-4-5-16/h3,6-10,13,16,23H,4-5,11-12H2,1-2H3,(H,22,25)(H,24,26). The van der Waals surface area contributed by atoms with E-state index < -0.39 is 10.0 Å². The number of ether oxygens (including phenoxy) is 1. The molecule has 1 aliphatic carbocycles. The first kappa shape index (κ1) is 21.8. The quantitative estimate of drug-likeness (QED) is 0.526. The summed E-state index contributed by atoms with van der Waals surface area (Å²) in [7, 11) is -2.35. The molecular weight excluding hydrogens is 406 g/mol. The average Bonchev–Trinajstić information content (AvgIpc) is 3.57. The Morgan fingerprint density at radius 3 is 2.40 bits per heavy atom. The van der Waals surface area contributed by atoms with Gasteiger partial charge in [-0.05, 0) is 61.7 Å². The summed E-state index contributed by atoms with van der Waals surface area (Å²) in [5.74, 6) is 0.0453. The Balaban J connectivity index is 1.49. The third-order valence-electron chi connectivity index (χ3n) is 4.67. The van der Waals surface area contributed by atoms with Crippen LogP contribution in [0.2, 0.25) is 0 Å².